The van der Waals surface area contributed by atoms with E-state index in [0.29, 0.717) is 23.8 Å². The van der Waals surface area contributed by atoms with Crippen LogP contribution < -0.4 is 9.47 Å². The molecule has 0 atom stereocenters. The second kappa shape index (κ2) is 10.5. The zero-order valence-electron chi connectivity index (χ0n) is 19.0. The number of esters is 1. The van der Waals surface area contributed by atoms with E-state index in [0.717, 1.165) is 28.2 Å². The van der Waals surface area contributed by atoms with Gasteiger partial charge >= 0.3 is 5.97 Å². The van der Waals surface area contributed by atoms with Crippen LogP contribution in [-0.4, -0.2) is 43.7 Å². The van der Waals surface area contributed by atoms with Crippen LogP contribution in [0.15, 0.2) is 59.8 Å². The summed E-state index contributed by atoms with van der Waals surface area (Å²) in [6, 6.07) is 17.8. The summed E-state index contributed by atoms with van der Waals surface area (Å²) in [5.74, 6) is 0.938. The fourth-order valence-electron chi connectivity index (χ4n) is 3.51. The van der Waals surface area contributed by atoms with Gasteiger partial charge in [-0.15, -0.1) is 0 Å². The Hall–Kier alpha value is -3.74. The molecule has 0 bridgehead atoms. The molecule has 0 amide bonds. The molecule has 3 aromatic rings. The molecule has 168 valence electrons. The molecule has 0 aliphatic rings. The number of methoxy groups -OCH3 is 2. The molecule has 0 N–H and O–H groups in total. The maximum atomic E-state index is 11.5. The smallest absolute Gasteiger partial charge is 0.347 e. The molecule has 0 radical (unpaired) electrons. The van der Waals surface area contributed by atoms with Crippen LogP contribution in [0.25, 0.3) is 16.9 Å². The van der Waals surface area contributed by atoms with E-state index in [1.165, 1.54) is 0 Å². The molecule has 7 nitrogen and oxygen atoms in total. The van der Waals surface area contributed by atoms with Crippen LogP contribution in [0.3, 0.4) is 0 Å². The van der Waals surface area contributed by atoms with Gasteiger partial charge < -0.3 is 23.6 Å². The van der Waals surface area contributed by atoms with Gasteiger partial charge in [0.05, 0.1) is 37.9 Å². The summed E-state index contributed by atoms with van der Waals surface area (Å²) in [4.78, 5) is 16.8. The monoisotopic (exact) mass is 436 g/mol. The van der Waals surface area contributed by atoms with Crippen LogP contribution in [0.4, 0.5) is 0 Å². The lowest BCUT2D eigenvalue weighted by Gasteiger charge is -2.16. The number of hydrogen-bond acceptors (Lipinski definition) is 6. The third-order valence-corrected chi connectivity index (χ3v) is 5.02. The quantitative estimate of drug-likeness (QED) is 0.274. The highest BCUT2D eigenvalue weighted by molar-refractivity contribution is 6.01. The molecule has 1 heterocycles. The highest BCUT2D eigenvalue weighted by Crippen LogP contribution is 2.35. The molecule has 32 heavy (non-hydrogen) atoms. The molecule has 2 aromatic carbocycles. The van der Waals surface area contributed by atoms with Gasteiger partial charge in [0.2, 0.25) is 6.61 Å². The van der Waals surface area contributed by atoms with Crippen molar-refractivity contribution in [1.82, 2.24) is 4.57 Å². The summed E-state index contributed by atoms with van der Waals surface area (Å²) in [6.45, 7) is 5.67. The largest absolute Gasteiger partial charge is 0.497 e. The minimum absolute atomic E-state index is 0.233. The summed E-state index contributed by atoms with van der Waals surface area (Å²) in [7, 11) is 3.26. The van der Waals surface area contributed by atoms with E-state index in [1.54, 1.807) is 21.1 Å². The lowest BCUT2D eigenvalue weighted by molar-refractivity contribution is -0.148. The van der Waals surface area contributed by atoms with Crippen molar-refractivity contribution in [3.63, 3.8) is 0 Å². The first-order chi connectivity index (χ1) is 15.5. The van der Waals surface area contributed by atoms with Crippen molar-refractivity contribution < 1.29 is 23.8 Å². The van der Waals surface area contributed by atoms with Crippen molar-refractivity contribution in [2.45, 2.75) is 20.8 Å². The Morgan fingerprint density at radius 2 is 1.78 bits per heavy atom. The number of nitrogens with zero attached hydrogens (tertiary/aromatic N) is 2. The van der Waals surface area contributed by atoms with E-state index >= 15 is 0 Å². The molecular formula is C25H28N2O5. The van der Waals surface area contributed by atoms with Crippen LogP contribution >= 0.6 is 0 Å². The third kappa shape index (κ3) is 4.94. The highest BCUT2D eigenvalue weighted by Gasteiger charge is 2.20. The van der Waals surface area contributed by atoms with Crippen molar-refractivity contribution in [2.75, 3.05) is 27.4 Å². The van der Waals surface area contributed by atoms with Gasteiger partial charge in [-0.1, -0.05) is 35.5 Å². The third-order valence-electron chi connectivity index (χ3n) is 5.02. The summed E-state index contributed by atoms with van der Waals surface area (Å²) in [6.07, 6.45) is 0. The summed E-state index contributed by atoms with van der Waals surface area (Å²) >= 11 is 0. The van der Waals surface area contributed by atoms with Crippen LogP contribution in [0.5, 0.6) is 11.5 Å². The molecule has 0 aliphatic carbocycles. The highest BCUT2D eigenvalue weighted by atomic mass is 16.7. The normalized spacial score (nSPS) is 11.2. The van der Waals surface area contributed by atoms with Crippen LogP contribution in [0.2, 0.25) is 0 Å². The number of hydrogen-bond donors (Lipinski definition) is 0. The predicted molar refractivity (Wildman–Crippen MR) is 124 cm³/mol. The number of rotatable bonds is 9. The summed E-state index contributed by atoms with van der Waals surface area (Å²) in [5, 5.41) is 4.14. The molecule has 0 saturated heterocycles. The first-order valence-corrected chi connectivity index (χ1v) is 10.3. The molecule has 0 unspecified atom stereocenters. The Kier molecular flexibility index (Phi) is 7.54. The SMILES string of the molecule is CCOC(=O)CO/N=C(/C)c1cc(-c2ccccc2)n(-c2ccc(OC)cc2OC)c1C. The fraction of sp³-hybridized carbons (Fsp3) is 0.280. The Morgan fingerprint density at radius 1 is 1.03 bits per heavy atom. The number of carbonyl (C=O) groups excluding carboxylic acids is 1. The average molecular weight is 437 g/mol. The second-order valence-electron chi connectivity index (χ2n) is 7.02. The van der Waals surface area contributed by atoms with Crippen molar-refractivity contribution in [3.8, 4) is 28.4 Å². The number of oxime groups is 1. The minimum Gasteiger partial charge on any atom is -0.497 e. The van der Waals surface area contributed by atoms with Gasteiger partial charge in [-0.25, -0.2) is 4.79 Å². The lowest BCUT2D eigenvalue weighted by Crippen LogP contribution is -2.11. The summed E-state index contributed by atoms with van der Waals surface area (Å²) < 4.78 is 18.0. The number of carbonyl (C=O) groups is 1. The van der Waals surface area contributed by atoms with Crippen LogP contribution in [0.1, 0.15) is 25.1 Å². The Bertz CT molecular complexity index is 1100. The number of aromatic nitrogens is 1. The molecule has 0 spiro atoms. The Labute approximate surface area is 188 Å². The molecule has 0 aliphatic heterocycles. The van der Waals surface area contributed by atoms with Gasteiger partial charge in [0, 0.05) is 17.3 Å². The van der Waals surface area contributed by atoms with Crippen molar-refractivity contribution in [2.24, 2.45) is 5.16 Å². The average Bonchev–Trinajstić information content (AvgIpc) is 3.16. The first kappa shape index (κ1) is 22.9. The topological polar surface area (TPSA) is 71.3 Å². The van der Waals surface area contributed by atoms with Crippen molar-refractivity contribution >= 4 is 11.7 Å². The second-order valence-corrected chi connectivity index (χ2v) is 7.02. The zero-order valence-corrected chi connectivity index (χ0v) is 19.0. The van der Waals surface area contributed by atoms with Gasteiger partial charge in [0.25, 0.3) is 0 Å². The lowest BCUT2D eigenvalue weighted by atomic mass is 10.1. The fourth-order valence-corrected chi connectivity index (χ4v) is 3.51. The number of benzene rings is 2. The molecule has 0 saturated carbocycles. The van der Waals surface area contributed by atoms with Gasteiger partial charge in [-0.3, -0.25) is 0 Å². The van der Waals surface area contributed by atoms with E-state index in [4.69, 9.17) is 19.0 Å². The van der Waals surface area contributed by atoms with E-state index in [9.17, 15) is 4.79 Å². The molecule has 1 aromatic heterocycles. The van der Waals surface area contributed by atoms with Gasteiger partial charge in [0.15, 0.2) is 0 Å². The van der Waals surface area contributed by atoms with E-state index in [1.807, 2.05) is 50.2 Å². The van der Waals surface area contributed by atoms with Crippen molar-refractivity contribution in [3.05, 3.63) is 65.9 Å². The maximum absolute atomic E-state index is 11.5. The van der Waals surface area contributed by atoms with E-state index < -0.39 is 5.97 Å². The van der Waals surface area contributed by atoms with Crippen molar-refractivity contribution in [1.29, 1.82) is 0 Å². The molecule has 0 fully saturated rings. The van der Waals surface area contributed by atoms with E-state index in [2.05, 4.69) is 27.9 Å². The maximum Gasteiger partial charge on any atom is 0.347 e. The van der Waals surface area contributed by atoms with Gasteiger partial charge in [-0.2, -0.15) is 0 Å². The zero-order chi connectivity index (χ0) is 23.1. The molecule has 3 rings (SSSR count). The standard InChI is InChI=1S/C25H28N2O5/c1-6-31-25(28)16-32-26-17(2)21-15-23(19-10-8-7-9-11-19)27(18(21)3)22-13-12-20(29-4)14-24(22)30-5/h7-15H,6,16H2,1-5H3/b26-17-. The Balaban J connectivity index is 2.09. The minimum atomic E-state index is -0.453. The Morgan fingerprint density at radius 3 is 2.44 bits per heavy atom. The van der Waals surface area contributed by atoms with E-state index in [-0.39, 0.29) is 6.61 Å². The molecular weight excluding hydrogens is 408 g/mol. The van der Waals surface area contributed by atoms with Crippen LogP contribution in [-0.2, 0) is 14.4 Å². The van der Waals surface area contributed by atoms with Crippen LogP contribution in [0, 0.1) is 6.92 Å². The summed E-state index contributed by atoms with van der Waals surface area (Å²) in [5.41, 5.74) is 5.38. The first-order valence-electron chi connectivity index (χ1n) is 10.3. The molecule has 7 heteroatoms. The number of ether oxygens (including phenoxy) is 3. The predicted octanol–water partition coefficient (Wildman–Crippen LogP) is 4.77. The van der Waals surface area contributed by atoms with Gasteiger partial charge in [-0.05, 0) is 44.5 Å². The van der Waals surface area contributed by atoms with Gasteiger partial charge in [0.1, 0.15) is 11.5 Å².